The van der Waals surface area contributed by atoms with Gasteiger partial charge in [-0.1, -0.05) is 35.9 Å². The van der Waals surface area contributed by atoms with Crippen molar-refractivity contribution in [1.82, 2.24) is 5.32 Å². The number of nitrogens with one attached hydrogen (secondary N) is 1. The number of halogens is 2. The zero-order valence-corrected chi connectivity index (χ0v) is 12.2. The van der Waals surface area contributed by atoms with E-state index in [0.717, 1.165) is 19.3 Å². The van der Waals surface area contributed by atoms with E-state index in [-0.39, 0.29) is 11.6 Å². The fourth-order valence-corrected chi connectivity index (χ4v) is 2.93. The molecule has 1 unspecified atom stereocenters. The number of hydrogen-bond donors (Lipinski definition) is 1. The monoisotopic (exact) mass is 303 g/mol. The van der Waals surface area contributed by atoms with Crippen LogP contribution in [0.5, 0.6) is 0 Å². The van der Waals surface area contributed by atoms with Crippen LogP contribution in [0.4, 0.5) is 4.39 Å². The van der Waals surface area contributed by atoms with Gasteiger partial charge in [-0.3, -0.25) is 4.79 Å². The topological polar surface area (TPSA) is 29.1 Å². The zero-order chi connectivity index (χ0) is 14.8. The molecule has 4 heteroatoms. The first-order valence-corrected chi connectivity index (χ1v) is 7.34. The Balaban J connectivity index is 1.73. The molecule has 0 aliphatic heterocycles. The van der Waals surface area contributed by atoms with Crippen LogP contribution >= 0.6 is 11.6 Å². The lowest BCUT2D eigenvalue weighted by Crippen LogP contribution is -2.39. The summed E-state index contributed by atoms with van der Waals surface area (Å²) in [7, 11) is 0. The van der Waals surface area contributed by atoms with Crippen molar-refractivity contribution in [3.63, 3.8) is 0 Å². The third-order valence-electron chi connectivity index (χ3n) is 3.86. The number of aryl methyl sites for hydroxylation is 1. The van der Waals surface area contributed by atoms with Gasteiger partial charge in [-0.05, 0) is 48.6 Å². The normalized spacial score (nSPS) is 17.1. The predicted molar refractivity (Wildman–Crippen MR) is 81.1 cm³/mol. The molecule has 0 saturated carbocycles. The van der Waals surface area contributed by atoms with E-state index in [2.05, 4.69) is 17.4 Å². The van der Waals surface area contributed by atoms with Crippen molar-refractivity contribution >= 4 is 17.5 Å². The molecule has 0 fully saturated rings. The zero-order valence-electron chi connectivity index (χ0n) is 11.4. The molecular formula is C17H15ClFNO. The fraction of sp³-hybridized carbons (Fsp3) is 0.235. The average molecular weight is 304 g/mol. The molecule has 2 aromatic carbocycles. The van der Waals surface area contributed by atoms with Crippen LogP contribution < -0.4 is 5.32 Å². The lowest BCUT2D eigenvalue weighted by Gasteiger charge is -2.25. The Labute approximate surface area is 127 Å². The van der Waals surface area contributed by atoms with Crippen molar-refractivity contribution in [2.75, 3.05) is 0 Å². The highest BCUT2D eigenvalue weighted by molar-refractivity contribution is 6.31. The Morgan fingerprint density at radius 3 is 2.76 bits per heavy atom. The number of carbonyl (C=O) groups is 1. The Morgan fingerprint density at radius 1 is 1.19 bits per heavy atom. The summed E-state index contributed by atoms with van der Waals surface area (Å²) in [5.74, 6) is -0.951. The number of rotatable bonds is 2. The molecular weight excluding hydrogens is 289 g/mol. The highest BCUT2D eigenvalue weighted by Crippen LogP contribution is 2.22. The van der Waals surface area contributed by atoms with Gasteiger partial charge in [0.2, 0.25) is 0 Å². The Kier molecular flexibility index (Phi) is 3.93. The van der Waals surface area contributed by atoms with Crippen molar-refractivity contribution in [2.24, 2.45) is 0 Å². The van der Waals surface area contributed by atoms with Gasteiger partial charge in [-0.2, -0.15) is 0 Å². The van der Waals surface area contributed by atoms with Gasteiger partial charge < -0.3 is 5.32 Å². The van der Waals surface area contributed by atoms with E-state index in [9.17, 15) is 9.18 Å². The van der Waals surface area contributed by atoms with Crippen molar-refractivity contribution in [3.8, 4) is 0 Å². The predicted octanol–water partition coefficient (Wildman–Crippen LogP) is 3.77. The highest BCUT2D eigenvalue weighted by Gasteiger charge is 2.21. The molecule has 2 nitrogen and oxygen atoms in total. The Morgan fingerprint density at radius 2 is 1.95 bits per heavy atom. The van der Waals surface area contributed by atoms with E-state index in [4.69, 9.17) is 11.6 Å². The number of hydrogen-bond acceptors (Lipinski definition) is 1. The molecule has 3 rings (SSSR count). The standard InChI is InChI=1S/C17H15ClFNO/c18-13-6-8-16(19)15(10-13)17(21)20-14-7-5-11-3-1-2-4-12(11)9-14/h1-4,6,8,10,14H,5,7,9H2,(H,20,21). The van der Waals surface area contributed by atoms with Crippen LogP contribution in [-0.2, 0) is 12.8 Å². The lowest BCUT2D eigenvalue weighted by atomic mass is 9.88. The average Bonchev–Trinajstić information content (AvgIpc) is 2.49. The van der Waals surface area contributed by atoms with Crippen LogP contribution in [0.1, 0.15) is 27.9 Å². The van der Waals surface area contributed by atoms with Gasteiger partial charge in [0, 0.05) is 11.1 Å². The quantitative estimate of drug-likeness (QED) is 0.899. The maximum absolute atomic E-state index is 13.7. The van der Waals surface area contributed by atoms with Crippen LogP contribution in [0.3, 0.4) is 0 Å². The molecule has 1 atom stereocenters. The molecule has 0 radical (unpaired) electrons. The van der Waals surface area contributed by atoms with Gasteiger partial charge in [0.05, 0.1) is 5.56 Å². The molecule has 0 heterocycles. The number of amides is 1. The molecule has 0 aromatic heterocycles. The van der Waals surface area contributed by atoms with E-state index in [0.29, 0.717) is 5.02 Å². The van der Waals surface area contributed by atoms with Crippen LogP contribution in [0.2, 0.25) is 5.02 Å². The summed E-state index contributed by atoms with van der Waals surface area (Å²) in [6.45, 7) is 0. The number of fused-ring (bicyclic) bond motifs is 1. The molecule has 0 spiro atoms. The van der Waals surface area contributed by atoms with Crippen LogP contribution in [0.25, 0.3) is 0 Å². The molecule has 1 aliphatic rings. The van der Waals surface area contributed by atoms with Gasteiger partial charge in [-0.25, -0.2) is 4.39 Å². The third-order valence-corrected chi connectivity index (χ3v) is 4.09. The van der Waals surface area contributed by atoms with Gasteiger partial charge in [-0.15, -0.1) is 0 Å². The first kappa shape index (κ1) is 14.1. The van der Waals surface area contributed by atoms with Crippen molar-refractivity contribution in [1.29, 1.82) is 0 Å². The second-order valence-electron chi connectivity index (χ2n) is 5.31. The number of carbonyl (C=O) groups excluding carboxylic acids is 1. The minimum atomic E-state index is -0.548. The van der Waals surface area contributed by atoms with Gasteiger partial charge in [0.15, 0.2) is 0 Å². The lowest BCUT2D eigenvalue weighted by molar-refractivity contribution is 0.0929. The van der Waals surface area contributed by atoms with E-state index in [1.165, 1.54) is 29.3 Å². The largest absolute Gasteiger partial charge is 0.349 e. The summed E-state index contributed by atoms with van der Waals surface area (Å²) in [6.07, 6.45) is 2.58. The minimum Gasteiger partial charge on any atom is -0.349 e. The second kappa shape index (κ2) is 5.86. The summed E-state index contributed by atoms with van der Waals surface area (Å²) in [5, 5.41) is 3.26. The summed E-state index contributed by atoms with van der Waals surface area (Å²) in [6, 6.07) is 12.3. The summed E-state index contributed by atoms with van der Waals surface area (Å²) < 4.78 is 13.7. The highest BCUT2D eigenvalue weighted by atomic mass is 35.5. The maximum Gasteiger partial charge on any atom is 0.254 e. The van der Waals surface area contributed by atoms with Crippen molar-refractivity contribution in [2.45, 2.75) is 25.3 Å². The molecule has 0 bridgehead atoms. The molecule has 2 aromatic rings. The van der Waals surface area contributed by atoms with Crippen molar-refractivity contribution in [3.05, 3.63) is 70.0 Å². The SMILES string of the molecule is O=C(NC1CCc2ccccc2C1)c1cc(Cl)ccc1F. The molecule has 1 amide bonds. The van der Waals surface area contributed by atoms with E-state index >= 15 is 0 Å². The first-order valence-electron chi connectivity index (χ1n) is 6.96. The summed E-state index contributed by atoms with van der Waals surface area (Å²) >= 11 is 5.82. The van der Waals surface area contributed by atoms with E-state index in [1.807, 2.05) is 12.1 Å². The Hall–Kier alpha value is -1.87. The number of benzene rings is 2. The second-order valence-corrected chi connectivity index (χ2v) is 5.74. The minimum absolute atomic E-state index is 0.00126. The summed E-state index contributed by atoms with van der Waals surface area (Å²) in [5.41, 5.74) is 2.58. The van der Waals surface area contributed by atoms with Gasteiger partial charge in [0.1, 0.15) is 5.82 Å². The first-order chi connectivity index (χ1) is 10.1. The molecule has 0 saturated heterocycles. The molecule has 21 heavy (non-hydrogen) atoms. The Bertz CT molecular complexity index is 686. The molecule has 1 N–H and O–H groups in total. The van der Waals surface area contributed by atoms with Gasteiger partial charge >= 0.3 is 0 Å². The molecule has 108 valence electrons. The fourth-order valence-electron chi connectivity index (χ4n) is 2.76. The third kappa shape index (κ3) is 3.08. The summed E-state index contributed by atoms with van der Waals surface area (Å²) in [4.78, 5) is 12.2. The van der Waals surface area contributed by atoms with E-state index < -0.39 is 11.7 Å². The van der Waals surface area contributed by atoms with Crippen molar-refractivity contribution < 1.29 is 9.18 Å². The van der Waals surface area contributed by atoms with Crippen LogP contribution in [0.15, 0.2) is 42.5 Å². The molecule has 1 aliphatic carbocycles. The maximum atomic E-state index is 13.7. The van der Waals surface area contributed by atoms with Crippen LogP contribution in [-0.4, -0.2) is 11.9 Å². The van der Waals surface area contributed by atoms with Crippen LogP contribution in [0, 0.1) is 5.82 Å². The van der Waals surface area contributed by atoms with Gasteiger partial charge in [0.25, 0.3) is 5.91 Å². The van der Waals surface area contributed by atoms with E-state index in [1.54, 1.807) is 0 Å². The smallest absolute Gasteiger partial charge is 0.254 e.